The summed E-state index contributed by atoms with van der Waals surface area (Å²) in [6, 6.07) is 8.27. The second kappa shape index (κ2) is 14.8. The summed E-state index contributed by atoms with van der Waals surface area (Å²) < 4.78 is 25.5. The lowest BCUT2D eigenvalue weighted by molar-refractivity contribution is -0.0325. The Labute approximate surface area is 284 Å². The Kier molecular flexibility index (Phi) is 10.8. The molecule has 3 heterocycles. The second-order valence-corrected chi connectivity index (χ2v) is 12.9. The lowest BCUT2D eigenvalue weighted by Crippen LogP contribution is -2.38. The van der Waals surface area contributed by atoms with Gasteiger partial charge in [-0.05, 0) is 63.3 Å². The van der Waals surface area contributed by atoms with Crippen LogP contribution in [0, 0.1) is 0 Å². The molecule has 1 fully saturated rings. The van der Waals surface area contributed by atoms with Gasteiger partial charge in [0.2, 0.25) is 0 Å². The maximum absolute atomic E-state index is 13.3. The van der Waals surface area contributed by atoms with Crippen molar-refractivity contribution in [2.24, 2.45) is 0 Å². The van der Waals surface area contributed by atoms with Crippen LogP contribution in [0.15, 0.2) is 47.7 Å². The van der Waals surface area contributed by atoms with Gasteiger partial charge in [0.15, 0.2) is 5.65 Å². The number of anilines is 2. The molecule has 0 radical (unpaired) electrons. The fraction of sp³-hybridized carbons (Fsp3) is 0.471. The largest absolute Gasteiger partial charge is 0.497 e. The van der Waals surface area contributed by atoms with Crippen LogP contribution in [0.3, 0.4) is 0 Å². The number of hydrogen-bond acceptors (Lipinski definition) is 10. The summed E-state index contributed by atoms with van der Waals surface area (Å²) >= 11 is 6.43. The number of amides is 1. The second-order valence-electron chi connectivity index (χ2n) is 12.6. The number of pyridine rings is 2. The molecule has 1 atom stereocenters. The highest BCUT2D eigenvalue weighted by Crippen LogP contribution is 2.36. The Balaban J connectivity index is 1.22. The minimum atomic E-state index is -0.424. The van der Waals surface area contributed by atoms with Crippen molar-refractivity contribution < 1.29 is 23.7 Å². The highest BCUT2D eigenvalue weighted by molar-refractivity contribution is 6.30. The number of carbonyl (C=O) groups excluding carboxylic acids is 1. The van der Waals surface area contributed by atoms with Crippen molar-refractivity contribution >= 4 is 40.2 Å². The molecule has 0 unspecified atom stereocenters. The number of nitrogen functional groups attached to an aromatic ring is 1. The third-order valence-electron chi connectivity index (χ3n) is 9.02. The standard InChI is InChI=1S/C34H44ClN7O6/c1-21(18-48-19-22-13-26(36)32(43)41(16-22)24-9-11-34(2,47-6)12-10-24)38-33(44)42-20-37-30-27(15-29(35)39-31(30)42)40(3)17-23-7-8-25(45-4)14-28(23)46-5/h7-8,13-16,20-21,24H,9-12,17-19,36H2,1-6H3,(H,38,44)/t21-,24?,34?/m1/s1. The van der Waals surface area contributed by atoms with Gasteiger partial charge in [-0.1, -0.05) is 11.6 Å². The molecule has 0 saturated heterocycles. The van der Waals surface area contributed by atoms with Crippen molar-refractivity contribution in [3.05, 3.63) is 69.5 Å². The monoisotopic (exact) mass is 681 g/mol. The van der Waals surface area contributed by atoms with Crippen LogP contribution in [0.1, 0.15) is 56.7 Å². The fourth-order valence-corrected chi connectivity index (χ4v) is 6.30. The van der Waals surface area contributed by atoms with Crippen molar-refractivity contribution in [2.75, 3.05) is 45.6 Å². The van der Waals surface area contributed by atoms with Crippen LogP contribution >= 0.6 is 11.6 Å². The third kappa shape index (κ3) is 7.69. The molecule has 14 heteroatoms. The Hall–Kier alpha value is -4.33. The Morgan fingerprint density at radius 1 is 1.19 bits per heavy atom. The van der Waals surface area contributed by atoms with Gasteiger partial charge >= 0.3 is 6.03 Å². The quantitative estimate of drug-likeness (QED) is 0.192. The first kappa shape index (κ1) is 35.0. The van der Waals surface area contributed by atoms with Gasteiger partial charge < -0.3 is 39.5 Å². The van der Waals surface area contributed by atoms with Crippen molar-refractivity contribution in [3.8, 4) is 11.5 Å². The number of methoxy groups -OCH3 is 3. The average Bonchev–Trinajstić information content (AvgIpc) is 3.50. The maximum Gasteiger partial charge on any atom is 0.328 e. The summed E-state index contributed by atoms with van der Waals surface area (Å²) in [7, 11) is 6.85. The molecule has 13 nitrogen and oxygen atoms in total. The van der Waals surface area contributed by atoms with Gasteiger partial charge in [-0.25, -0.2) is 19.3 Å². The van der Waals surface area contributed by atoms with E-state index < -0.39 is 6.03 Å². The number of benzene rings is 1. The van der Waals surface area contributed by atoms with Crippen LogP contribution in [-0.2, 0) is 22.6 Å². The summed E-state index contributed by atoms with van der Waals surface area (Å²) in [6.07, 6.45) is 6.64. The van der Waals surface area contributed by atoms with Crippen LogP contribution in [0.25, 0.3) is 11.2 Å². The van der Waals surface area contributed by atoms with Gasteiger partial charge in [-0.3, -0.25) is 4.79 Å². The number of fused-ring (bicyclic) bond motifs is 1. The molecule has 1 aromatic carbocycles. The summed E-state index contributed by atoms with van der Waals surface area (Å²) in [5, 5.41) is 3.15. The minimum Gasteiger partial charge on any atom is -0.497 e. The molecule has 0 bridgehead atoms. The van der Waals surface area contributed by atoms with E-state index in [-0.39, 0.29) is 47.3 Å². The number of nitrogens with two attached hydrogens (primary N) is 1. The fourth-order valence-electron chi connectivity index (χ4n) is 6.11. The molecular weight excluding hydrogens is 638 g/mol. The van der Waals surface area contributed by atoms with Gasteiger partial charge in [-0.2, -0.15) is 0 Å². The van der Waals surface area contributed by atoms with Crippen LogP contribution in [0.4, 0.5) is 16.2 Å². The van der Waals surface area contributed by atoms with E-state index in [1.165, 1.54) is 10.9 Å². The average molecular weight is 682 g/mol. The van der Waals surface area contributed by atoms with E-state index in [0.29, 0.717) is 34.9 Å². The summed E-state index contributed by atoms with van der Waals surface area (Å²) in [6.45, 7) is 4.87. The topological polar surface area (TPSA) is 148 Å². The molecule has 5 rings (SSSR count). The van der Waals surface area contributed by atoms with Gasteiger partial charge in [0, 0.05) is 50.6 Å². The Bertz CT molecular complexity index is 1820. The van der Waals surface area contributed by atoms with E-state index in [4.69, 9.17) is 36.3 Å². The van der Waals surface area contributed by atoms with Gasteiger partial charge in [0.05, 0.1) is 50.5 Å². The highest BCUT2D eigenvalue weighted by atomic mass is 35.5. The van der Waals surface area contributed by atoms with Gasteiger partial charge in [0.25, 0.3) is 5.56 Å². The van der Waals surface area contributed by atoms with E-state index in [0.717, 1.165) is 36.8 Å². The first-order valence-corrected chi connectivity index (χ1v) is 16.2. The molecule has 0 aliphatic heterocycles. The molecule has 1 saturated carbocycles. The first-order valence-electron chi connectivity index (χ1n) is 15.8. The Morgan fingerprint density at radius 3 is 2.62 bits per heavy atom. The van der Waals surface area contributed by atoms with Crippen LogP contribution < -0.4 is 31.0 Å². The molecule has 1 aliphatic carbocycles. The smallest absolute Gasteiger partial charge is 0.328 e. The van der Waals surface area contributed by atoms with E-state index >= 15 is 0 Å². The number of halogens is 1. The first-order chi connectivity index (χ1) is 22.9. The summed E-state index contributed by atoms with van der Waals surface area (Å²) in [4.78, 5) is 37.1. The molecule has 1 amide bonds. The molecule has 0 spiro atoms. The normalized spacial score (nSPS) is 18.4. The number of imidazole rings is 1. The van der Waals surface area contributed by atoms with E-state index in [2.05, 4.69) is 22.2 Å². The molecule has 258 valence electrons. The van der Waals surface area contributed by atoms with Crippen LogP contribution in [0.5, 0.6) is 11.5 Å². The van der Waals surface area contributed by atoms with Gasteiger partial charge in [0.1, 0.15) is 28.5 Å². The lowest BCUT2D eigenvalue weighted by atomic mass is 9.83. The molecule has 1 aliphatic rings. The van der Waals surface area contributed by atoms with Crippen LogP contribution in [0.2, 0.25) is 5.15 Å². The molecule has 3 N–H and O–H groups in total. The zero-order chi connectivity index (χ0) is 34.6. The lowest BCUT2D eigenvalue weighted by Gasteiger charge is -2.37. The number of rotatable bonds is 12. The van der Waals surface area contributed by atoms with Crippen molar-refractivity contribution in [1.82, 2.24) is 24.4 Å². The number of aromatic nitrogens is 4. The van der Waals surface area contributed by atoms with Crippen molar-refractivity contribution in [3.63, 3.8) is 0 Å². The van der Waals surface area contributed by atoms with Crippen LogP contribution in [-0.4, -0.2) is 71.8 Å². The third-order valence-corrected chi connectivity index (χ3v) is 9.21. The van der Waals surface area contributed by atoms with Crippen molar-refractivity contribution in [1.29, 1.82) is 0 Å². The maximum atomic E-state index is 13.3. The zero-order valence-corrected chi connectivity index (χ0v) is 29.0. The number of hydrogen-bond donors (Lipinski definition) is 2. The molecule has 48 heavy (non-hydrogen) atoms. The highest BCUT2D eigenvalue weighted by Gasteiger charge is 2.32. The number of ether oxygens (including phenoxy) is 4. The molecular formula is C34H44ClN7O6. The number of carbonyl (C=O) groups is 1. The SMILES string of the molecule is COc1ccc(CN(C)c2cc(Cl)nc3c2ncn3C(=O)N[C@H](C)COCc2cc(N)c(=O)n(C3CCC(C)(OC)CC3)c2)c(OC)c1. The van der Waals surface area contributed by atoms with Crippen molar-refractivity contribution in [2.45, 2.75) is 70.4 Å². The summed E-state index contributed by atoms with van der Waals surface area (Å²) in [5.74, 6) is 1.38. The predicted octanol–water partition coefficient (Wildman–Crippen LogP) is 5.17. The van der Waals surface area contributed by atoms with E-state index in [9.17, 15) is 9.59 Å². The van der Waals surface area contributed by atoms with E-state index in [1.54, 1.807) is 38.0 Å². The van der Waals surface area contributed by atoms with E-state index in [1.807, 2.05) is 43.3 Å². The predicted molar refractivity (Wildman–Crippen MR) is 185 cm³/mol. The number of nitrogens with one attached hydrogen (secondary N) is 1. The minimum absolute atomic E-state index is 0.0545. The Morgan fingerprint density at radius 2 is 1.94 bits per heavy atom. The molecule has 3 aromatic heterocycles. The molecule has 4 aromatic rings. The van der Waals surface area contributed by atoms with Gasteiger partial charge in [-0.15, -0.1) is 0 Å². The zero-order valence-electron chi connectivity index (χ0n) is 28.3. The summed E-state index contributed by atoms with van der Waals surface area (Å²) in [5.41, 5.74) is 9.18. The number of nitrogens with zero attached hydrogens (tertiary/aromatic N) is 5.